The average molecular weight is 335 g/mol. The minimum atomic E-state index is 0.360. The van der Waals surface area contributed by atoms with Crippen LogP contribution in [0.3, 0.4) is 0 Å². The molecule has 3 nitrogen and oxygen atoms in total. The van der Waals surface area contributed by atoms with Crippen LogP contribution < -0.4 is 5.32 Å². The normalized spacial score (nSPS) is 37.9. The molecule has 0 amide bonds. The second-order valence-electron chi connectivity index (χ2n) is 8.87. The van der Waals surface area contributed by atoms with Gasteiger partial charge in [-0.1, -0.05) is 6.92 Å². The highest BCUT2D eigenvalue weighted by Gasteiger charge is 2.50. The number of aromatic amines is 1. The molecule has 0 spiro atoms. The number of nitrogens with zero attached hydrogens (tertiary/aromatic N) is 1. The summed E-state index contributed by atoms with van der Waals surface area (Å²) in [7, 11) is 0. The summed E-state index contributed by atoms with van der Waals surface area (Å²) in [4.78, 5) is 8.30. The quantitative estimate of drug-likeness (QED) is 0.803. The zero-order valence-electron chi connectivity index (χ0n) is 15.4. The summed E-state index contributed by atoms with van der Waals surface area (Å²) < 4.78 is 0. The molecule has 0 aromatic carbocycles. The second-order valence-corrected chi connectivity index (χ2v) is 8.87. The Labute approximate surface area is 150 Å². The van der Waals surface area contributed by atoms with E-state index in [9.17, 15) is 0 Å². The Morgan fingerprint density at radius 2 is 1.88 bits per heavy atom. The topological polar surface area (TPSA) is 40.2 Å². The first-order chi connectivity index (χ1) is 12.2. The molecular weight excluding hydrogens is 306 g/mol. The highest BCUT2D eigenvalue weighted by molar-refractivity contribution is 6.14. The Morgan fingerprint density at radius 3 is 2.44 bits per heavy atom. The summed E-state index contributed by atoms with van der Waals surface area (Å²) in [5.41, 5.74) is 6.46. The number of allylic oxidation sites excluding steroid dienone is 2. The lowest BCUT2D eigenvalue weighted by Gasteiger charge is -2.57. The molecule has 4 bridgehead atoms. The summed E-state index contributed by atoms with van der Waals surface area (Å²) in [6, 6.07) is 4.16. The van der Waals surface area contributed by atoms with Crippen LogP contribution in [-0.2, 0) is 0 Å². The molecule has 1 aliphatic heterocycles. The van der Waals surface area contributed by atoms with Crippen molar-refractivity contribution < 1.29 is 0 Å². The molecule has 0 atom stereocenters. The standard InChI is InChI=1S/C22H29N3/c1-3-18-14(2)21(19-5-4-6-23-19)25-20(18)13-24-22-10-15-7-16(11-22)9-17(8-15)12-22/h4-6,13,15-17,23-24H,3,7-12H2,1-2H3. The zero-order chi connectivity index (χ0) is 17.0. The average Bonchev–Trinajstić information content (AvgIpc) is 3.19. The maximum absolute atomic E-state index is 4.99. The molecule has 1 aromatic heterocycles. The Hall–Kier alpha value is -1.77. The van der Waals surface area contributed by atoms with Crippen molar-refractivity contribution in [3.63, 3.8) is 0 Å². The molecular formula is C22H29N3. The van der Waals surface area contributed by atoms with Crippen molar-refractivity contribution in [1.29, 1.82) is 0 Å². The van der Waals surface area contributed by atoms with Crippen LogP contribution in [0.5, 0.6) is 0 Å². The smallest absolute Gasteiger partial charge is 0.0904 e. The van der Waals surface area contributed by atoms with Gasteiger partial charge in [-0.25, -0.2) is 4.99 Å². The first-order valence-corrected chi connectivity index (χ1v) is 10.1. The number of hydrogen-bond donors (Lipinski definition) is 2. The molecule has 2 N–H and O–H groups in total. The van der Waals surface area contributed by atoms with Gasteiger partial charge in [0.15, 0.2) is 0 Å². The summed E-state index contributed by atoms with van der Waals surface area (Å²) >= 11 is 0. The van der Waals surface area contributed by atoms with Crippen molar-refractivity contribution in [2.75, 3.05) is 0 Å². The van der Waals surface area contributed by atoms with Gasteiger partial charge in [0.05, 0.1) is 17.1 Å². The molecule has 3 heteroatoms. The SMILES string of the molecule is CCC1=C(C)C(c2ccc[nH]2)=NC1=CNC12CC3CC(CC(C3)C1)C2. The molecule has 5 aliphatic rings. The van der Waals surface area contributed by atoms with Crippen molar-refractivity contribution in [2.24, 2.45) is 22.7 Å². The van der Waals surface area contributed by atoms with E-state index in [0.717, 1.165) is 41.3 Å². The third kappa shape index (κ3) is 2.51. The molecule has 2 heterocycles. The first-order valence-electron chi connectivity index (χ1n) is 10.1. The number of hydrogen-bond acceptors (Lipinski definition) is 2. The summed E-state index contributed by atoms with van der Waals surface area (Å²) in [5, 5.41) is 3.91. The van der Waals surface area contributed by atoms with Crippen molar-refractivity contribution in [2.45, 2.75) is 64.3 Å². The maximum Gasteiger partial charge on any atom is 0.0904 e. The molecule has 132 valence electrons. The van der Waals surface area contributed by atoms with Crippen LogP contribution in [-0.4, -0.2) is 16.2 Å². The van der Waals surface area contributed by atoms with E-state index < -0.39 is 0 Å². The maximum atomic E-state index is 4.99. The number of rotatable bonds is 4. The van der Waals surface area contributed by atoms with E-state index in [4.69, 9.17) is 4.99 Å². The van der Waals surface area contributed by atoms with Gasteiger partial charge in [-0.2, -0.15) is 0 Å². The lowest BCUT2D eigenvalue weighted by Crippen LogP contribution is -2.57. The van der Waals surface area contributed by atoms with E-state index in [0.29, 0.717) is 5.54 Å². The van der Waals surface area contributed by atoms with Gasteiger partial charge in [0.25, 0.3) is 0 Å². The van der Waals surface area contributed by atoms with Crippen molar-refractivity contribution in [3.05, 3.63) is 47.1 Å². The van der Waals surface area contributed by atoms with Crippen molar-refractivity contribution in [3.8, 4) is 0 Å². The predicted molar refractivity (Wildman–Crippen MR) is 102 cm³/mol. The molecule has 4 saturated carbocycles. The highest BCUT2D eigenvalue weighted by atomic mass is 15.0. The van der Waals surface area contributed by atoms with E-state index in [1.54, 1.807) is 0 Å². The van der Waals surface area contributed by atoms with Gasteiger partial charge in [-0.15, -0.1) is 0 Å². The van der Waals surface area contributed by atoms with Gasteiger partial charge in [0.2, 0.25) is 0 Å². The molecule has 4 aliphatic carbocycles. The van der Waals surface area contributed by atoms with Gasteiger partial charge in [-0.3, -0.25) is 0 Å². The third-order valence-electron chi connectivity index (χ3n) is 7.11. The summed E-state index contributed by atoms with van der Waals surface area (Å²) in [6.07, 6.45) is 13.9. The third-order valence-corrected chi connectivity index (χ3v) is 7.11. The Morgan fingerprint density at radius 1 is 1.20 bits per heavy atom. The van der Waals surface area contributed by atoms with Crippen LogP contribution in [0, 0.1) is 17.8 Å². The van der Waals surface area contributed by atoms with Crippen LogP contribution in [0.15, 0.2) is 46.4 Å². The molecule has 6 rings (SSSR count). The molecule has 0 unspecified atom stereocenters. The number of aromatic nitrogens is 1. The summed E-state index contributed by atoms with van der Waals surface area (Å²) in [5.74, 6) is 2.92. The number of H-pyrrole nitrogens is 1. The minimum Gasteiger partial charge on any atom is -0.384 e. The molecule has 25 heavy (non-hydrogen) atoms. The van der Waals surface area contributed by atoms with Crippen molar-refractivity contribution >= 4 is 5.71 Å². The zero-order valence-corrected chi connectivity index (χ0v) is 15.4. The lowest BCUT2D eigenvalue weighted by molar-refractivity contribution is -0.0130. The number of aliphatic imine (C=N–C) groups is 1. The fourth-order valence-electron chi connectivity index (χ4n) is 6.42. The lowest BCUT2D eigenvalue weighted by atomic mass is 9.53. The van der Waals surface area contributed by atoms with E-state index >= 15 is 0 Å². The monoisotopic (exact) mass is 335 g/mol. The van der Waals surface area contributed by atoms with Crippen LogP contribution in [0.2, 0.25) is 0 Å². The Kier molecular flexibility index (Phi) is 3.48. The fourth-order valence-corrected chi connectivity index (χ4v) is 6.42. The van der Waals surface area contributed by atoms with Crippen molar-refractivity contribution in [1.82, 2.24) is 10.3 Å². The van der Waals surface area contributed by atoms with Gasteiger partial charge < -0.3 is 10.3 Å². The molecule has 0 saturated heterocycles. The molecule has 0 radical (unpaired) electrons. The van der Waals surface area contributed by atoms with Crippen LogP contribution in [0.25, 0.3) is 0 Å². The largest absolute Gasteiger partial charge is 0.384 e. The van der Waals surface area contributed by atoms with Gasteiger partial charge >= 0.3 is 0 Å². The fraction of sp³-hybridized carbons (Fsp3) is 0.591. The van der Waals surface area contributed by atoms with Gasteiger partial charge in [0, 0.05) is 17.9 Å². The highest BCUT2D eigenvalue weighted by Crippen LogP contribution is 2.55. The van der Waals surface area contributed by atoms with E-state index in [1.165, 1.54) is 49.7 Å². The van der Waals surface area contributed by atoms with Crippen LogP contribution in [0.4, 0.5) is 0 Å². The van der Waals surface area contributed by atoms with E-state index in [2.05, 4.69) is 36.4 Å². The van der Waals surface area contributed by atoms with Crippen LogP contribution >= 0.6 is 0 Å². The van der Waals surface area contributed by atoms with Gasteiger partial charge in [0.1, 0.15) is 0 Å². The first kappa shape index (κ1) is 15.5. The van der Waals surface area contributed by atoms with E-state index in [-0.39, 0.29) is 0 Å². The second kappa shape index (κ2) is 5.62. The summed E-state index contributed by atoms with van der Waals surface area (Å²) in [6.45, 7) is 4.45. The van der Waals surface area contributed by atoms with Gasteiger partial charge in [-0.05, 0) is 92.9 Å². The molecule has 1 aromatic rings. The minimum absolute atomic E-state index is 0.360. The molecule has 4 fully saturated rings. The van der Waals surface area contributed by atoms with Crippen LogP contribution in [0.1, 0.15) is 64.5 Å². The predicted octanol–water partition coefficient (Wildman–Crippen LogP) is 4.94. The Balaban J connectivity index is 1.43. The number of nitrogens with one attached hydrogen (secondary N) is 2. The Bertz CT molecular complexity index is 728. The van der Waals surface area contributed by atoms with E-state index in [1.807, 2.05) is 12.3 Å².